The maximum atomic E-state index is 6.26. The van der Waals surface area contributed by atoms with Gasteiger partial charge >= 0.3 is 0 Å². The van der Waals surface area contributed by atoms with E-state index in [1.165, 1.54) is 0 Å². The lowest BCUT2D eigenvalue weighted by atomic mass is 10.3. The molecule has 5 heteroatoms. The van der Waals surface area contributed by atoms with Gasteiger partial charge in [-0.3, -0.25) is 0 Å². The van der Waals surface area contributed by atoms with Gasteiger partial charge in [-0.05, 0) is 36.4 Å². The van der Waals surface area contributed by atoms with E-state index in [9.17, 15) is 0 Å². The molecular formula is C18H15ClN2O2. The third kappa shape index (κ3) is 3.87. The largest absolute Gasteiger partial charge is 0.457 e. The van der Waals surface area contributed by atoms with Gasteiger partial charge in [0.1, 0.15) is 23.0 Å². The van der Waals surface area contributed by atoms with Crippen LogP contribution in [-0.4, -0.2) is 0 Å². The number of halogens is 1. The number of hydrogen-bond donors (Lipinski definition) is 2. The minimum Gasteiger partial charge on any atom is -0.457 e. The molecule has 0 aliphatic heterocycles. The summed E-state index contributed by atoms with van der Waals surface area (Å²) < 4.78 is 11.5. The van der Waals surface area contributed by atoms with Gasteiger partial charge in [0.2, 0.25) is 0 Å². The van der Waals surface area contributed by atoms with Crippen LogP contribution in [0.15, 0.2) is 66.7 Å². The van der Waals surface area contributed by atoms with E-state index in [2.05, 4.69) is 0 Å². The molecule has 0 heterocycles. The summed E-state index contributed by atoms with van der Waals surface area (Å²) in [5.41, 5.74) is 12.7. The Morgan fingerprint density at radius 3 is 1.78 bits per heavy atom. The average Bonchev–Trinajstić information content (AvgIpc) is 2.50. The van der Waals surface area contributed by atoms with Gasteiger partial charge in [0.25, 0.3) is 0 Å². The molecule has 0 radical (unpaired) electrons. The van der Waals surface area contributed by atoms with Crippen molar-refractivity contribution < 1.29 is 9.47 Å². The van der Waals surface area contributed by atoms with E-state index in [0.29, 0.717) is 39.4 Å². The van der Waals surface area contributed by atoms with Crippen LogP contribution in [0.4, 0.5) is 11.4 Å². The van der Waals surface area contributed by atoms with Crippen molar-refractivity contribution in [2.75, 3.05) is 11.5 Å². The van der Waals surface area contributed by atoms with Crippen LogP contribution in [0.25, 0.3) is 0 Å². The van der Waals surface area contributed by atoms with Crippen LogP contribution in [0.2, 0.25) is 5.02 Å². The van der Waals surface area contributed by atoms with Crippen molar-refractivity contribution in [3.05, 3.63) is 71.8 Å². The molecule has 23 heavy (non-hydrogen) atoms. The fraction of sp³-hybridized carbons (Fsp3) is 0. The molecule has 4 N–H and O–H groups in total. The Labute approximate surface area is 139 Å². The Morgan fingerprint density at radius 2 is 1.22 bits per heavy atom. The lowest BCUT2D eigenvalue weighted by Crippen LogP contribution is -1.90. The van der Waals surface area contributed by atoms with E-state index in [1.807, 2.05) is 24.3 Å². The van der Waals surface area contributed by atoms with Crippen molar-refractivity contribution in [1.29, 1.82) is 0 Å². The summed E-state index contributed by atoms with van der Waals surface area (Å²) in [4.78, 5) is 0. The lowest BCUT2D eigenvalue weighted by molar-refractivity contribution is 0.470. The molecule has 0 bridgehead atoms. The summed E-state index contributed by atoms with van der Waals surface area (Å²) in [6, 6.07) is 19.5. The summed E-state index contributed by atoms with van der Waals surface area (Å²) in [7, 11) is 0. The fourth-order valence-electron chi connectivity index (χ4n) is 2.05. The van der Waals surface area contributed by atoms with Crippen molar-refractivity contribution in [2.45, 2.75) is 0 Å². The summed E-state index contributed by atoms with van der Waals surface area (Å²) in [5.74, 6) is 2.39. The summed E-state index contributed by atoms with van der Waals surface area (Å²) in [6.07, 6.45) is 0. The number of hydrogen-bond acceptors (Lipinski definition) is 4. The van der Waals surface area contributed by atoms with E-state index < -0.39 is 0 Å². The maximum Gasteiger partial charge on any atom is 0.146 e. The van der Waals surface area contributed by atoms with Gasteiger partial charge in [-0.15, -0.1) is 0 Å². The highest BCUT2D eigenvalue weighted by Crippen LogP contribution is 2.34. The third-order valence-corrected chi connectivity index (χ3v) is 3.38. The molecule has 116 valence electrons. The highest BCUT2D eigenvalue weighted by molar-refractivity contribution is 6.32. The van der Waals surface area contributed by atoms with E-state index in [0.717, 1.165) is 0 Å². The molecule has 4 nitrogen and oxygen atoms in total. The van der Waals surface area contributed by atoms with Crippen LogP contribution in [-0.2, 0) is 0 Å². The Kier molecular flexibility index (Phi) is 4.26. The van der Waals surface area contributed by atoms with Crippen LogP contribution >= 0.6 is 11.6 Å². The van der Waals surface area contributed by atoms with Gasteiger partial charge in [0.05, 0.1) is 5.02 Å². The predicted octanol–water partition coefficient (Wildman–Crippen LogP) is 5.09. The zero-order valence-corrected chi connectivity index (χ0v) is 13.0. The van der Waals surface area contributed by atoms with E-state index >= 15 is 0 Å². The molecule has 0 aromatic heterocycles. The van der Waals surface area contributed by atoms with Crippen molar-refractivity contribution in [3.63, 3.8) is 0 Å². The summed E-state index contributed by atoms with van der Waals surface area (Å²) in [5, 5.41) is 0.439. The van der Waals surface area contributed by atoms with Gasteiger partial charge in [0.15, 0.2) is 0 Å². The molecule has 0 fully saturated rings. The number of nitrogen functional groups attached to an aromatic ring is 2. The van der Waals surface area contributed by atoms with Gasteiger partial charge in [-0.2, -0.15) is 0 Å². The lowest BCUT2D eigenvalue weighted by Gasteiger charge is -2.11. The second-order valence-corrected chi connectivity index (χ2v) is 5.35. The fourth-order valence-corrected chi connectivity index (χ4v) is 2.26. The molecule has 0 unspecified atom stereocenters. The van der Waals surface area contributed by atoms with Crippen LogP contribution in [0.3, 0.4) is 0 Å². The van der Waals surface area contributed by atoms with Crippen LogP contribution < -0.4 is 20.9 Å². The van der Waals surface area contributed by atoms with Crippen molar-refractivity contribution in [2.24, 2.45) is 0 Å². The predicted molar refractivity (Wildman–Crippen MR) is 93.3 cm³/mol. The maximum absolute atomic E-state index is 6.26. The highest BCUT2D eigenvalue weighted by Gasteiger charge is 2.07. The smallest absolute Gasteiger partial charge is 0.146 e. The van der Waals surface area contributed by atoms with Gasteiger partial charge in [0, 0.05) is 29.6 Å². The molecule has 0 aliphatic carbocycles. The first-order chi connectivity index (χ1) is 11.1. The molecule has 0 amide bonds. The first-order valence-corrected chi connectivity index (χ1v) is 7.34. The van der Waals surface area contributed by atoms with Gasteiger partial charge < -0.3 is 20.9 Å². The quantitative estimate of drug-likeness (QED) is 0.655. The summed E-state index contributed by atoms with van der Waals surface area (Å²) >= 11 is 6.26. The second-order valence-electron chi connectivity index (χ2n) is 4.94. The first kappa shape index (κ1) is 15.1. The molecule has 0 spiro atoms. The number of rotatable bonds is 4. The normalized spacial score (nSPS) is 10.3. The minimum atomic E-state index is 0.439. The van der Waals surface area contributed by atoms with E-state index in [1.54, 1.807) is 42.5 Å². The molecular weight excluding hydrogens is 312 g/mol. The van der Waals surface area contributed by atoms with E-state index in [-0.39, 0.29) is 0 Å². The topological polar surface area (TPSA) is 70.5 Å². The first-order valence-electron chi connectivity index (χ1n) is 6.96. The Bertz CT molecular complexity index is 837. The zero-order valence-electron chi connectivity index (χ0n) is 12.2. The van der Waals surface area contributed by atoms with Crippen LogP contribution in [0.5, 0.6) is 23.0 Å². The third-order valence-electron chi connectivity index (χ3n) is 3.08. The van der Waals surface area contributed by atoms with Crippen molar-refractivity contribution in [3.8, 4) is 23.0 Å². The Hall–Kier alpha value is -2.85. The number of anilines is 2. The van der Waals surface area contributed by atoms with Crippen LogP contribution in [0, 0.1) is 0 Å². The SMILES string of the molecule is Nc1cccc(Oc2ccc(Oc3cccc(N)c3)c(Cl)c2)c1. The number of ether oxygens (including phenoxy) is 2. The molecule has 3 aromatic carbocycles. The van der Waals surface area contributed by atoms with Gasteiger partial charge in [-0.1, -0.05) is 23.7 Å². The van der Waals surface area contributed by atoms with Crippen molar-refractivity contribution >= 4 is 23.0 Å². The molecule has 0 aliphatic rings. The Morgan fingerprint density at radius 1 is 0.652 bits per heavy atom. The minimum absolute atomic E-state index is 0.439. The molecule has 3 rings (SSSR count). The molecule has 3 aromatic rings. The Balaban J connectivity index is 1.78. The standard InChI is InChI=1S/C18H15ClN2O2/c19-17-11-16(22-14-5-1-3-12(20)9-14)7-8-18(17)23-15-6-2-4-13(21)10-15/h1-11H,20-21H2. The number of benzene rings is 3. The van der Waals surface area contributed by atoms with Crippen LogP contribution in [0.1, 0.15) is 0 Å². The number of nitrogens with two attached hydrogens (primary N) is 2. The van der Waals surface area contributed by atoms with E-state index in [4.69, 9.17) is 32.5 Å². The monoisotopic (exact) mass is 326 g/mol. The molecule has 0 atom stereocenters. The summed E-state index contributed by atoms with van der Waals surface area (Å²) in [6.45, 7) is 0. The zero-order chi connectivity index (χ0) is 16.2. The molecule has 0 saturated carbocycles. The molecule has 0 saturated heterocycles. The highest BCUT2D eigenvalue weighted by atomic mass is 35.5. The average molecular weight is 327 g/mol. The van der Waals surface area contributed by atoms with Crippen molar-refractivity contribution in [1.82, 2.24) is 0 Å². The van der Waals surface area contributed by atoms with Gasteiger partial charge in [-0.25, -0.2) is 0 Å². The second kappa shape index (κ2) is 6.50.